The van der Waals surface area contributed by atoms with Gasteiger partial charge in [0.2, 0.25) is 5.91 Å². The molecule has 2 atom stereocenters. The van der Waals surface area contributed by atoms with Crippen molar-refractivity contribution in [1.29, 1.82) is 0 Å². The van der Waals surface area contributed by atoms with Gasteiger partial charge < -0.3 is 4.90 Å². The predicted molar refractivity (Wildman–Crippen MR) is 78.7 cm³/mol. The fraction of sp³-hybridized carbons (Fsp3) is 0.938. The molecule has 3 heteroatoms. The van der Waals surface area contributed by atoms with Crippen LogP contribution in [0.25, 0.3) is 0 Å². The van der Waals surface area contributed by atoms with Gasteiger partial charge in [0.1, 0.15) is 0 Å². The Labute approximate surface area is 118 Å². The van der Waals surface area contributed by atoms with Crippen LogP contribution in [0.3, 0.4) is 0 Å². The van der Waals surface area contributed by atoms with Crippen molar-refractivity contribution in [3.05, 3.63) is 0 Å². The Morgan fingerprint density at radius 1 is 1.26 bits per heavy atom. The van der Waals surface area contributed by atoms with E-state index < -0.39 is 0 Å². The van der Waals surface area contributed by atoms with Gasteiger partial charge in [0, 0.05) is 6.54 Å². The largest absolute Gasteiger partial charge is 0.326 e. The van der Waals surface area contributed by atoms with Crippen LogP contribution in [0.1, 0.15) is 65.7 Å². The molecular formula is C16H30N2O. The topological polar surface area (TPSA) is 32.3 Å². The van der Waals surface area contributed by atoms with E-state index >= 15 is 0 Å². The molecule has 0 spiro atoms. The lowest BCUT2D eigenvalue weighted by molar-refractivity contribution is -0.131. The molecule has 3 nitrogen and oxygen atoms in total. The summed E-state index contributed by atoms with van der Waals surface area (Å²) in [5.41, 5.74) is 0. The van der Waals surface area contributed by atoms with E-state index in [4.69, 9.17) is 0 Å². The standard InChI is InChI=1S/C16H30N2O/c1-4-7-14-17-15(12(2)3)16(19)18(14)11-10-13-8-5-6-9-13/h12-15,17H,4-11H2,1-3H3. The fourth-order valence-corrected chi connectivity index (χ4v) is 3.58. The van der Waals surface area contributed by atoms with Gasteiger partial charge >= 0.3 is 0 Å². The van der Waals surface area contributed by atoms with E-state index in [1.165, 1.54) is 32.1 Å². The van der Waals surface area contributed by atoms with Crippen LogP contribution >= 0.6 is 0 Å². The lowest BCUT2D eigenvalue weighted by atomic mass is 10.0. The average molecular weight is 266 g/mol. The Morgan fingerprint density at radius 3 is 2.53 bits per heavy atom. The van der Waals surface area contributed by atoms with Gasteiger partial charge in [0.15, 0.2) is 0 Å². The fourth-order valence-electron chi connectivity index (χ4n) is 3.58. The molecule has 1 saturated heterocycles. The van der Waals surface area contributed by atoms with Gasteiger partial charge in [-0.1, -0.05) is 52.9 Å². The molecular weight excluding hydrogens is 236 g/mol. The van der Waals surface area contributed by atoms with Crippen molar-refractivity contribution in [2.24, 2.45) is 11.8 Å². The number of hydrogen-bond donors (Lipinski definition) is 1. The third-order valence-corrected chi connectivity index (χ3v) is 4.78. The molecule has 1 heterocycles. The molecule has 1 saturated carbocycles. The summed E-state index contributed by atoms with van der Waals surface area (Å²) in [6.07, 6.45) is 9.25. The lowest BCUT2D eigenvalue weighted by Gasteiger charge is -2.25. The van der Waals surface area contributed by atoms with Crippen LogP contribution in [0.15, 0.2) is 0 Å². The average Bonchev–Trinajstić information content (AvgIpc) is 2.96. The van der Waals surface area contributed by atoms with E-state index in [1.807, 2.05) is 0 Å². The van der Waals surface area contributed by atoms with Crippen molar-refractivity contribution in [2.75, 3.05) is 6.54 Å². The van der Waals surface area contributed by atoms with Crippen LogP contribution in [0, 0.1) is 11.8 Å². The predicted octanol–water partition coefficient (Wildman–Crippen LogP) is 3.15. The normalized spacial score (nSPS) is 28.8. The first-order valence-corrected chi connectivity index (χ1v) is 8.20. The zero-order valence-electron chi connectivity index (χ0n) is 12.8. The van der Waals surface area contributed by atoms with Crippen LogP contribution in [0.4, 0.5) is 0 Å². The molecule has 0 aromatic rings. The van der Waals surface area contributed by atoms with Gasteiger partial charge in [-0.25, -0.2) is 0 Å². The summed E-state index contributed by atoms with van der Waals surface area (Å²) in [6, 6.07) is 0.0418. The molecule has 2 unspecified atom stereocenters. The maximum absolute atomic E-state index is 12.5. The second-order valence-electron chi connectivity index (χ2n) is 6.66. The number of amides is 1. The summed E-state index contributed by atoms with van der Waals surface area (Å²) < 4.78 is 0. The third-order valence-electron chi connectivity index (χ3n) is 4.78. The Balaban J connectivity index is 1.92. The minimum absolute atomic E-state index is 0.0418. The van der Waals surface area contributed by atoms with Crippen LogP contribution in [-0.4, -0.2) is 29.6 Å². The second-order valence-corrected chi connectivity index (χ2v) is 6.66. The smallest absolute Gasteiger partial charge is 0.241 e. The van der Waals surface area contributed by atoms with Gasteiger partial charge in [-0.2, -0.15) is 0 Å². The highest BCUT2D eigenvalue weighted by Crippen LogP contribution is 2.29. The molecule has 2 fully saturated rings. The molecule has 0 bridgehead atoms. The highest BCUT2D eigenvalue weighted by molar-refractivity contribution is 5.84. The van der Waals surface area contributed by atoms with E-state index in [2.05, 4.69) is 31.0 Å². The molecule has 0 aromatic carbocycles. The molecule has 19 heavy (non-hydrogen) atoms. The summed E-state index contributed by atoms with van der Waals surface area (Å²) in [5.74, 6) is 1.60. The summed E-state index contributed by atoms with van der Waals surface area (Å²) in [5, 5.41) is 3.54. The van der Waals surface area contributed by atoms with E-state index in [1.54, 1.807) is 0 Å². The Morgan fingerprint density at radius 2 is 1.95 bits per heavy atom. The maximum Gasteiger partial charge on any atom is 0.241 e. The van der Waals surface area contributed by atoms with Crippen molar-refractivity contribution in [3.8, 4) is 0 Å². The number of carbonyl (C=O) groups is 1. The van der Waals surface area contributed by atoms with Crippen molar-refractivity contribution in [2.45, 2.75) is 77.9 Å². The van der Waals surface area contributed by atoms with E-state index in [0.717, 1.165) is 25.3 Å². The molecule has 0 aromatic heterocycles. The van der Waals surface area contributed by atoms with Crippen LogP contribution in [0.5, 0.6) is 0 Å². The number of nitrogens with zero attached hydrogens (tertiary/aromatic N) is 1. The quantitative estimate of drug-likeness (QED) is 0.801. The summed E-state index contributed by atoms with van der Waals surface area (Å²) in [6.45, 7) is 7.44. The van der Waals surface area contributed by atoms with Crippen molar-refractivity contribution in [1.82, 2.24) is 10.2 Å². The Hall–Kier alpha value is -0.570. The molecule has 2 aliphatic rings. The van der Waals surface area contributed by atoms with Gasteiger partial charge in [0.05, 0.1) is 12.2 Å². The summed E-state index contributed by atoms with van der Waals surface area (Å²) in [4.78, 5) is 14.6. The van der Waals surface area contributed by atoms with Crippen LogP contribution in [-0.2, 0) is 4.79 Å². The molecule has 2 rings (SSSR count). The Bertz CT molecular complexity index is 297. The first-order chi connectivity index (χ1) is 9.13. The molecule has 1 aliphatic carbocycles. The van der Waals surface area contributed by atoms with E-state index in [-0.39, 0.29) is 12.2 Å². The van der Waals surface area contributed by atoms with Gasteiger partial charge in [-0.15, -0.1) is 0 Å². The first kappa shape index (κ1) is 14.8. The van der Waals surface area contributed by atoms with Gasteiger partial charge in [-0.05, 0) is 24.7 Å². The van der Waals surface area contributed by atoms with Gasteiger partial charge in [-0.3, -0.25) is 10.1 Å². The molecule has 1 aliphatic heterocycles. The molecule has 1 amide bonds. The van der Waals surface area contributed by atoms with E-state index in [9.17, 15) is 4.79 Å². The lowest BCUT2D eigenvalue weighted by Crippen LogP contribution is -2.38. The van der Waals surface area contributed by atoms with Crippen LogP contribution < -0.4 is 5.32 Å². The Kier molecular flexibility index (Phi) is 5.26. The zero-order chi connectivity index (χ0) is 13.8. The van der Waals surface area contributed by atoms with Crippen LogP contribution in [0.2, 0.25) is 0 Å². The first-order valence-electron chi connectivity index (χ1n) is 8.20. The monoisotopic (exact) mass is 266 g/mol. The van der Waals surface area contributed by atoms with Crippen molar-refractivity contribution < 1.29 is 4.79 Å². The SMILES string of the molecule is CCCC1NC(C(C)C)C(=O)N1CCC1CCCC1. The van der Waals surface area contributed by atoms with E-state index in [0.29, 0.717) is 11.8 Å². The minimum Gasteiger partial charge on any atom is -0.326 e. The number of carbonyl (C=O) groups excluding carboxylic acids is 1. The van der Waals surface area contributed by atoms with Gasteiger partial charge in [0.25, 0.3) is 0 Å². The minimum atomic E-state index is 0.0418. The second kappa shape index (κ2) is 6.74. The number of hydrogen-bond acceptors (Lipinski definition) is 2. The molecule has 110 valence electrons. The maximum atomic E-state index is 12.5. The summed E-state index contributed by atoms with van der Waals surface area (Å²) in [7, 11) is 0. The number of rotatable bonds is 6. The third kappa shape index (κ3) is 3.50. The number of nitrogens with one attached hydrogen (secondary N) is 1. The molecule has 0 radical (unpaired) electrons. The highest BCUT2D eigenvalue weighted by atomic mass is 16.2. The van der Waals surface area contributed by atoms with Crippen molar-refractivity contribution >= 4 is 5.91 Å². The highest BCUT2D eigenvalue weighted by Gasteiger charge is 2.39. The van der Waals surface area contributed by atoms with Crippen molar-refractivity contribution in [3.63, 3.8) is 0 Å². The zero-order valence-corrected chi connectivity index (χ0v) is 12.8. The summed E-state index contributed by atoms with van der Waals surface area (Å²) >= 11 is 0. The molecule has 1 N–H and O–H groups in total.